The molecule has 4 rings (SSSR count). The van der Waals surface area contributed by atoms with Crippen molar-refractivity contribution >= 4 is 33.1 Å². The smallest absolute Gasteiger partial charge is 0.263 e. The monoisotopic (exact) mass is 419 g/mol. The molecule has 0 aliphatic carbocycles. The van der Waals surface area contributed by atoms with E-state index in [-0.39, 0.29) is 18.0 Å². The Bertz CT molecular complexity index is 1290. The molecule has 0 fully saturated rings. The van der Waals surface area contributed by atoms with Crippen molar-refractivity contribution in [3.05, 3.63) is 75.7 Å². The standard InChI is InChI=1S/C23H21N3O3S/c1-14-5-4-6-17(11-14)25-20(27)12-26-15(2)24-22-21(23(26)28)19(13-30-22)16-7-9-18(29-3)10-8-16/h4-11,13H,12H2,1-3H3,(H,25,27). The predicted octanol–water partition coefficient (Wildman–Crippen LogP) is 4.39. The number of carbonyl (C=O) groups is 1. The Labute approximate surface area is 177 Å². The molecule has 2 aromatic carbocycles. The van der Waals surface area contributed by atoms with Crippen molar-refractivity contribution in [3.8, 4) is 16.9 Å². The van der Waals surface area contributed by atoms with E-state index >= 15 is 0 Å². The molecule has 0 aliphatic heterocycles. The van der Waals surface area contributed by atoms with Crippen LogP contribution in [-0.4, -0.2) is 22.6 Å². The van der Waals surface area contributed by atoms with Gasteiger partial charge in [0.1, 0.15) is 22.9 Å². The Morgan fingerprint density at radius 3 is 2.63 bits per heavy atom. The van der Waals surface area contributed by atoms with Crippen molar-refractivity contribution in [2.45, 2.75) is 20.4 Å². The van der Waals surface area contributed by atoms with Gasteiger partial charge >= 0.3 is 0 Å². The molecule has 0 atom stereocenters. The number of rotatable bonds is 5. The molecular formula is C23H21N3O3S. The van der Waals surface area contributed by atoms with Crippen LogP contribution in [0.1, 0.15) is 11.4 Å². The lowest BCUT2D eigenvalue weighted by atomic mass is 10.1. The molecule has 0 saturated heterocycles. The van der Waals surface area contributed by atoms with Crippen LogP contribution in [-0.2, 0) is 11.3 Å². The summed E-state index contributed by atoms with van der Waals surface area (Å²) >= 11 is 1.42. The highest BCUT2D eigenvalue weighted by Gasteiger charge is 2.17. The van der Waals surface area contributed by atoms with E-state index in [9.17, 15) is 9.59 Å². The van der Waals surface area contributed by atoms with Crippen LogP contribution in [0.5, 0.6) is 5.75 Å². The minimum absolute atomic E-state index is 0.0978. The van der Waals surface area contributed by atoms with Crippen molar-refractivity contribution in [1.29, 1.82) is 0 Å². The predicted molar refractivity (Wildman–Crippen MR) is 120 cm³/mol. The van der Waals surface area contributed by atoms with Crippen molar-refractivity contribution < 1.29 is 9.53 Å². The summed E-state index contributed by atoms with van der Waals surface area (Å²) < 4.78 is 6.64. The maximum atomic E-state index is 13.3. The van der Waals surface area contributed by atoms with Gasteiger partial charge in [-0.1, -0.05) is 24.3 Å². The Hall–Kier alpha value is -3.45. The fourth-order valence-corrected chi connectivity index (χ4v) is 4.35. The lowest BCUT2D eigenvalue weighted by molar-refractivity contribution is -0.116. The average molecular weight is 420 g/mol. The average Bonchev–Trinajstić information content (AvgIpc) is 3.15. The van der Waals surface area contributed by atoms with Gasteiger partial charge in [-0.25, -0.2) is 4.98 Å². The zero-order chi connectivity index (χ0) is 21.3. The molecule has 1 amide bonds. The third-order valence-electron chi connectivity index (χ3n) is 4.89. The molecule has 30 heavy (non-hydrogen) atoms. The number of amides is 1. The first-order chi connectivity index (χ1) is 14.5. The summed E-state index contributed by atoms with van der Waals surface area (Å²) in [6.07, 6.45) is 0. The first-order valence-electron chi connectivity index (χ1n) is 9.46. The molecule has 7 heteroatoms. The Balaban J connectivity index is 1.70. The number of fused-ring (bicyclic) bond motifs is 1. The molecule has 2 aromatic heterocycles. The number of hydrogen-bond donors (Lipinski definition) is 1. The van der Waals surface area contributed by atoms with Crippen molar-refractivity contribution in [3.63, 3.8) is 0 Å². The molecule has 2 heterocycles. The summed E-state index contributed by atoms with van der Waals surface area (Å²) in [5.74, 6) is 0.987. The Morgan fingerprint density at radius 1 is 1.17 bits per heavy atom. The number of aryl methyl sites for hydroxylation is 2. The summed E-state index contributed by atoms with van der Waals surface area (Å²) in [6, 6.07) is 15.1. The minimum atomic E-state index is -0.270. The molecule has 0 spiro atoms. The first kappa shape index (κ1) is 19.8. The van der Waals surface area contributed by atoms with Crippen LogP contribution >= 0.6 is 11.3 Å². The number of hydrogen-bond acceptors (Lipinski definition) is 5. The van der Waals surface area contributed by atoms with Gasteiger partial charge in [0, 0.05) is 16.6 Å². The van der Waals surface area contributed by atoms with Gasteiger partial charge in [-0.2, -0.15) is 0 Å². The topological polar surface area (TPSA) is 73.2 Å². The molecule has 4 aromatic rings. The highest BCUT2D eigenvalue weighted by Crippen LogP contribution is 2.32. The van der Waals surface area contributed by atoms with E-state index in [0.29, 0.717) is 21.7 Å². The fraction of sp³-hybridized carbons (Fsp3) is 0.174. The van der Waals surface area contributed by atoms with E-state index in [1.807, 2.05) is 60.8 Å². The summed E-state index contributed by atoms with van der Waals surface area (Å²) in [5, 5.41) is 5.30. The summed E-state index contributed by atoms with van der Waals surface area (Å²) in [7, 11) is 1.61. The number of carbonyl (C=O) groups excluding carboxylic acids is 1. The summed E-state index contributed by atoms with van der Waals surface area (Å²) in [4.78, 5) is 31.1. The number of ether oxygens (including phenoxy) is 1. The van der Waals surface area contributed by atoms with Gasteiger partial charge in [0.2, 0.25) is 5.91 Å². The lowest BCUT2D eigenvalue weighted by Gasteiger charge is -2.11. The van der Waals surface area contributed by atoms with Gasteiger partial charge in [-0.3, -0.25) is 14.2 Å². The normalized spacial score (nSPS) is 10.9. The number of anilines is 1. The van der Waals surface area contributed by atoms with Gasteiger partial charge in [-0.05, 0) is 49.2 Å². The van der Waals surface area contributed by atoms with Crippen LogP contribution in [0.15, 0.2) is 58.7 Å². The minimum Gasteiger partial charge on any atom is -0.497 e. The third-order valence-corrected chi connectivity index (χ3v) is 5.76. The van der Waals surface area contributed by atoms with Gasteiger partial charge in [0.25, 0.3) is 5.56 Å². The molecule has 6 nitrogen and oxygen atoms in total. The number of methoxy groups -OCH3 is 1. The second-order valence-electron chi connectivity index (χ2n) is 7.03. The van der Waals surface area contributed by atoms with Gasteiger partial charge < -0.3 is 10.1 Å². The zero-order valence-corrected chi connectivity index (χ0v) is 17.7. The molecule has 0 aliphatic rings. The molecule has 152 valence electrons. The largest absolute Gasteiger partial charge is 0.497 e. The van der Waals surface area contributed by atoms with Crippen molar-refractivity contribution in [2.75, 3.05) is 12.4 Å². The van der Waals surface area contributed by atoms with E-state index in [1.54, 1.807) is 14.0 Å². The number of nitrogens with zero attached hydrogens (tertiary/aromatic N) is 2. The molecule has 0 unspecified atom stereocenters. The maximum Gasteiger partial charge on any atom is 0.263 e. The van der Waals surface area contributed by atoms with Crippen LogP contribution in [0.3, 0.4) is 0 Å². The van der Waals surface area contributed by atoms with E-state index in [4.69, 9.17) is 4.74 Å². The second kappa shape index (κ2) is 8.12. The zero-order valence-electron chi connectivity index (χ0n) is 16.9. The van der Waals surface area contributed by atoms with Crippen molar-refractivity contribution in [2.24, 2.45) is 0 Å². The van der Waals surface area contributed by atoms with Crippen molar-refractivity contribution in [1.82, 2.24) is 9.55 Å². The number of aromatic nitrogens is 2. The molecule has 1 N–H and O–H groups in total. The van der Waals surface area contributed by atoms with Crippen LogP contribution in [0.2, 0.25) is 0 Å². The number of thiophene rings is 1. The van der Waals surface area contributed by atoms with Crippen LogP contribution < -0.4 is 15.6 Å². The molecule has 0 radical (unpaired) electrons. The lowest BCUT2D eigenvalue weighted by Crippen LogP contribution is -2.30. The quantitative estimate of drug-likeness (QED) is 0.521. The van der Waals surface area contributed by atoms with E-state index in [0.717, 1.165) is 22.4 Å². The highest BCUT2D eigenvalue weighted by atomic mass is 32.1. The highest BCUT2D eigenvalue weighted by molar-refractivity contribution is 7.17. The van der Waals surface area contributed by atoms with Crippen LogP contribution in [0.4, 0.5) is 5.69 Å². The van der Waals surface area contributed by atoms with Gasteiger partial charge in [0.15, 0.2) is 0 Å². The van der Waals surface area contributed by atoms with E-state index < -0.39 is 0 Å². The summed E-state index contributed by atoms with van der Waals surface area (Å²) in [6.45, 7) is 3.60. The SMILES string of the molecule is COc1ccc(-c2csc3nc(C)n(CC(=O)Nc4cccc(C)c4)c(=O)c23)cc1. The number of benzene rings is 2. The van der Waals surface area contributed by atoms with Crippen LogP contribution in [0, 0.1) is 13.8 Å². The molecular weight excluding hydrogens is 398 g/mol. The number of nitrogens with one attached hydrogen (secondary N) is 1. The summed E-state index contributed by atoms with van der Waals surface area (Å²) in [5.41, 5.74) is 3.24. The van der Waals surface area contributed by atoms with E-state index in [1.165, 1.54) is 15.9 Å². The second-order valence-corrected chi connectivity index (χ2v) is 7.88. The maximum absolute atomic E-state index is 13.3. The molecule has 0 bridgehead atoms. The van der Waals surface area contributed by atoms with Gasteiger partial charge in [0.05, 0.1) is 12.5 Å². The van der Waals surface area contributed by atoms with E-state index in [2.05, 4.69) is 10.3 Å². The van der Waals surface area contributed by atoms with Crippen LogP contribution in [0.25, 0.3) is 21.3 Å². The van der Waals surface area contributed by atoms with Gasteiger partial charge in [-0.15, -0.1) is 11.3 Å². The first-order valence-corrected chi connectivity index (χ1v) is 10.3. The Morgan fingerprint density at radius 2 is 1.93 bits per heavy atom. The molecule has 0 saturated carbocycles. The Kier molecular flexibility index (Phi) is 5.37. The fourth-order valence-electron chi connectivity index (χ4n) is 3.36. The third kappa shape index (κ3) is 3.84.